The van der Waals surface area contributed by atoms with E-state index in [0.29, 0.717) is 15.6 Å². The van der Waals surface area contributed by atoms with Crippen LogP contribution in [-0.4, -0.2) is 8.42 Å². The van der Waals surface area contributed by atoms with E-state index in [1.54, 1.807) is 18.2 Å². The van der Waals surface area contributed by atoms with Gasteiger partial charge in [0.2, 0.25) is 10.0 Å². The lowest BCUT2D eigenvalue weighted by atomic mass is 9.96. The maximum Gasteiger partial charge on any atom is 0.216 e. The van der Waals surface area contributed by atoms with E-state index in [9.17, 15) is 8.42 Å². The van der Waals surface area contributed by atoms with Gasteiger partial charge in [-0.1, -0.05) is 83.9 Å². The van der Waals surface area contributed by atoms with Gasteiger partial charge in [0.15, 0.2) is 0 Å². The number of benzene rings is 3. The van der Waals surface area contributed by atoms with E-state index in [-0.39, 0.29) is 5.75 Å². The highest BCUT2D eigenvalue weighted by Gasteiger charge is 2.23. The molecule has 0 bridgehead atoms. The van der Waals surface area contributed by atoms with Crippen LogP contribution < -0.4 is 4.72 Å². The Hall–Kier alpha value is -1.85. The van der Waals surface area contributed by atoms with E-state index >= 15 is 0 Å². The highest BCUT2D eigenvalue weighted by atomic mass is 35.5. The van der Waals surface area contributed by atoms with Gasteiger partial charge in [0.1, 0.15) is 0 Å². The van der Waals surface area contributed by atoms with Crippen molar-refractivity contribution in [3.63, 3.8) is 0 Å². The van der Waals surface area contributed by atoms with Crippen molar-refractivity contribution in [1.29, 1.82) is 0 Å². The number of hydrogen-bond donors (Lipinski definition) is 1. The van der Waals surface area contributed by atoms with Crippen LogP contribution >= 0.6 is 23.2 Å². The molecule has 0 aliphatic carbocycles. The van der Waals surface area contributed by atoms with Gasteiger partial charge in [0.05, 0.1) is 21.8 Å². The van der Waals surface area contributed by atoms with E-state index in [0.717, 1.165) is 16.7 Å². The highest BCUT2D eigenvalue weighted by Crippen LogP contribution is 2.27. The molecule has 27 heavy (non-hydrogen) atoms. The SMILES string of the molecule is Cc1ccccc1[C@@H](NS(=O)(=O)Cc1ccc(Cl)c(Cl)c1)c1ccccc1. The van der Waals surface area contributed by atoms with Crippen molar-refractivity contribution in [3.8, 4) is 0 Å². The van der Waals surface area contributed by atoms with Crippen LogP contribution in [-0.2, 0) is 15.8 Å². The molecule has 3 aromatic rings. The molecule has 0 fully saturated rings. The van der Waals surface area contributed by atoms with Gasteiger partial charge in [-0.3, -0.25) is 0 Å². The first-order chi connectivity index (χ1) is 12.9. The maximum absolute atomic E-state index is 12.9. The Bertz CT molecular complexity index is 1040. The van der Waals surface area contributed by atoms with Crippen molar-refractivity contribution in [2.24, 2.45) is 0 Å². The van der Waals surface area contributed by atoms with E-state index < -0.39 is 16.1 Å². The summed E-state index contributed by atoms with van der Waals surface area (Å²) in [4.78, 5) is 0. The fourth-order valence-corrected chi connectivity index (χ4v) is 4.58. The Kier molecular flexibility index (Phi) is 6.22. The van der Waals surface area contributed by atoms with Gasteiger partial charge in [-0.2, -0.15) is 0 Å². The Morgan fingerprint density at radius 1 is 0.889 bits per heavy atom. The molecule has 0 radical (unpaired) electrons. The van der Waals surface area contributed by atoms with Gasteiger partial charge in [0.25, 0.3) is 0 Å². The minimum Gasteiger partial charge on any atom is -0.212 e. The molecular weight excluding hydrogens is 401 g/mol. The number of nitrogens with one attached hydrogen (secondary N) is 1. The van der Waals surface area contributed by atoms with Gasteiger partial charge in [-0.05, 0) is 41.3 Å². The molecule has 0 heterocycles. The molecule has 0 aliphatic heterocycles. The van der Waals surface area contributed by atoms with Gasteiger partial charge in [-0.15, -0.1) is 0 Å². The molecule has 0 aliphatic rings. The van der Waals surface area contributed by atoms with E-state index in [2.05, 4.69) is 4.72 Å². The summed E-state index contributed by atoms with van der Waals surface area (Å²) in [7, 11) is -3.63. The lowest BCUT2D eigenvalue weighted by molar-refractivity contribution is 0.571. The predicted octanol–water partition coefficient (Wildman–Crippen LogP) is 5.51. The number of aryl methyl sites for hydroxylation is 1. The molecule has 1 atom stereocenters. The molecule has 3 rings (SSSR count). The Labute approximate surface area is 170 Å². The molecule has 3 nitrogen and oxygen atoms in total. The lowest BCUT2D eigenvalue weighted by Crippen LogP contribution is -2.31. The predicted molar refractivity (Wildman–Crippen MR) is 112 cm³/mol. The average molecular weight is 420 g/mol. The quantitative estimate of drug-likeness (QED) is 0.572. The monoisotopic (exact) mass is 419 g/mol. The topological polar surface area (TPSA) is 46.2 Å². The zero-order valence-corrected chi connectivity index (χ0v) is 17.0. The van der Waals surface area contributed by atoms with E-state index in [1.165, 1.54) is 0 Å². The summed E-state index contributed by atoms with van der Waals surface area (Å²) in [6, 6.07) is 21.7. The normalized spacial score (nSPS) is 12.7. The second-order valence-electron chi connectivity index (χ2n) is 6.33. The second-order valence-corrected chi connectivity index (χ2v) is 8.89. The zero-order chi connectivity index (χ0) is 19.4. The molecule has 0 spiro atoms. The largest absolute Gasteiger partial charge is 0.216 e. The molecule has 0 amide bonds. The molecule has 0 aromatic heterocycles. The van der Waals surface area contributed by atoms with E-state index in [4.69, 9.17) is 23.2 Å². The van der Waals surface area contributed by atoms with Crippen LogP contribution in [0.2, 0.25) is 10.0 Å². The minimum absolute atomic E-state index is 0.181. The summed E-state index contributed by atoms with van der Waals surface area (Å²) < 4.78 is 28.6. The number of rotatable bonds is 6. The Morgan fingerprint density at radius 2 is 1.56 bits per heavy atom. The summed E-state index contributed by atoms with van der Waals surface area (Å²) in [5.41, 5.74) is 3.39. The van der Waals surface area contributed by atoms with Gasteiger partial charge in [-0.25, -0.2) is 13.1 Å². The lowest BCUT2D eigenvalue weighted by Gasteiger charge is -2.21. The number of hydrogen-bond acceptors (Lipinski definition) is 2. The van der Waals surface area contributed by atoms with E-state index in [1.807, 2.05) is 61.5 Å². The molecule has 0 unspecified atom stereocenters. The summed E-state index contributed by atoms with van der Waals surface area (Å²) >= 11 is 11.9. The zero-order valence-electron chi connectivity index (χ0n) is 14.7. The molecule has 140 valence electrons. The fourth-order valence-electron chi connectivity index (χ4n) is 2.94. The van der Waals surface area contributed by atoms with Gasteiger partial charge < -0.3 is 0 Å². The van der Waals surface area contributed by atoms with Gasteiger partial charge >= 0.3 is 0 Å². The summed E-state index contributed by atoms with van der Waals surface area (Å²) in [5.74, 6) is -0.181. The fraction of sp³-hybridized carbons (Fsp3) is 0.143. The van der Waals surface area contributed by atoms with Crippen LogP contribution in [0.1, 0.15) is 28.3 Å². The van der Waals surface area contributed by atoms with Crippen molar-refractivity contribution < 1.29 is 8.42 Å². The van der Waals surface area contributed by atoms with Crippen LogP contribution in [0.4, 0.5) is 0 Å². The highest BCUT2D eigenvalue weighted by molar-refractivity contribution is 7.88. The van der Waals surface area contributed by atoms with Crippen LogP contribution in [0.3, 0.4) is 0 Å². The third-order valence-electron chi connectivity index (χ3n) is 4.27. The third kappa shape index (κ3) is 5.11. The summed E-state index contributed by atoms with van der Waals surface area (Å²) in [6.07, 6.45) is 0. The van der Waals surface area contributed by atoms with Crippen LogP contribution in [0.25, 0.3) is 0 Å². The first kappa shape index (κ1) is 19.9. The first-order valence-electron chi connectivity index (χ1n) is 8.40. The Balaban J connectivity index is 1.93. The molecule has 3 aromatic carbocycles. The first-order valence-corrected chi connectivity index (χ1v) is 10.8. The smallest absolute Gasteiger partial charge is 0.212 e. The molecule has 0 saturated heterocycles. The standard InChI is InChI=1S/C21H19Cl2NO2S/c1-15-7-5-6-10-18(15)21(17-8-3-2-4-9-17)24-27(25,26)14-16-11-12-19(22)20(23)13-16/h2-13,21,24H,14H2,1H3/t21-/m0/s1. The van der Waals surface area contributed by atoms with Crippen molar-refractivity contribution in [2.45, 2.75) is 18.7 Å². The van der Waals surface area contributed by atoms with Gasteiger partial charge in [0, 0.05) is 0 Å². The number of sulfonamides is 1. The van der Waals surface area contributed by atoms with Crippen LogP contribution in [0, 0.1) is 6.92 Å². The molecular formula is C21H19Cl2NO2S. The molecule has 6 heteroatoms. The maximum atomic E-state index is 12.9. The summed E-state index contributed by atoms with van der Waals surface area (Å²) in [5, 5.41) is 0.732. The second kappa shape index (κ2) is 8.44. The summed E-state index contributed by atoms with van der Waals surface area (Å²) in [6.45, 7) is 1.97. The van der Waals surface area contributed by atoms with Crippen molar-refractivity contribution >= 4 is 33.2 Å². The van der Waals surface area contributed by atoms with Crippen LogP contribution in [0.5, 0.6) is 0 Å². The molecule has 0 saturated carbocycles. The van der Waals surface area contributed by atoms with Crippen LogP contribution in [0.15, 0.2) is 72.8 Å². The average Bonchev–Trinajstić information content (AvgIpc) is 2.64. The third-order valence-corrected chi connectivity index (χ3v) is 6.32. The van der Waals surface area contributed by atoms with Crippen molar-refractivity contribution in [2.75, 3.05) is 0 Å². The van der Waals surface area contributed by atoms with Crippen molar-refractivity contribution in [3.05, 3.63) is 105 Å². The minimum atomic E-state index is -3.63. The molecule has 1 N–H and O–H groups in total. The Morgan fingerprint density at radius 3 is 2.22 bits per heavy atom. The van der Waals surface area contributed by atoms with Crippen molar-refractivity contribution in [1.82, 2.24) is 4.72 Å². The number of halogens is 2.